The summed E-state index contributed by atoms with van der Waals surface area (Å²) in [6.07, 6.45) is 1.28. The van der Waals surface area contributed by atoms with Crippen LogP contribution in [0.1, 0.15) is 26.7 Å². The van der Waals surface area contributed by atoms with Crippen LogP contribution in [-0.2, 0) is 10.0 Å². The molecule has 0 aromatic carbocycles. The third-order valence-electron chi connectivity index (χ3n) is 3.32. The molecule has 1 atom stereocenters. The Morgan fingerprint density at radius 3 is 2.29 bits per heavy atom. The molecule has 1 aliphatic rings. The Labute approximate surface area is 101 Å². The van der Waals surface area contributed by atoms with Gasteiger partial charge in [-0.15, -0.1) is 0 Å². The van der Waals surface area contributed by atoms with Gasteiger partial charge in [0.1, 0.15) is 0 Å². The highest BCUT2D eigenvalue weighted by atomic mass is 32.2. The van der Waals surface area contributed by atoms with Crippen LogP contribution in [0.25, 0.3) is 0 Å². The molecule has 1 N–H and O–H groups in total. The second kappa shape index (κ2) is 6.06. The molecule has 102 valence electrons. The van der Waals surface area contributed by atoms with Gasteiger partial charge in [-0.2, -0.15) is 13.1 Å². The molecule has 0 bridgehead atoms. The minimum absolute atomic E-state index is 0.201. The molecule has 0 aromatic rings. The lowest BCUT2D eigenvalue weighted by Gasteiger charge is -2.34. The zero-order valence-corrected chi connectivity index (χ0v) is 11.0. The second-order valence-electron chi connectivity index (χ2n) is 4.39. The molecule has 1 fully saturated rings. The van der Waals surface area contributed by atoms with Crippen molar-refractivity contribution in [1.29, 1.82) is 0 Å². The highest BCUT2D eigenvalue weighted by Crippen LogP contribution is 2.24. The summed E-state index contributed by atoms with van der Waals surface area (Å²) in [5.41, 5.74) is 0. The number of nitrogens with zero attached hydrogens (tertiary/aromatic N) is 1. The van der Waals surface area contributed by atoms with Gasteiger partial charge in [0.15, 0.2) is 0 Å². The van der Waals surface area contributed by atoms with Crippen molar-refractivity contribution in [1.82, 2.24) is 9.62 Å². The van der Waals surface area contributed by atoms with E-state index in [0.717, 1.165) is 10.8 Å². The Morgan fingerprint density at radius 1 is 1.35 bits per heavy atom. The molecule has 1 unspecified atom stereocenters. The van der Waals surface area contributed by atoms with E-state index in [4.69, 9.17) is 0 Å². The topological polar surface area (TPSA) is 49.4 Å². The van der Waals surface area contributed by atoms with E-state index < -0.39 is 15.8 Å². The number of hydrogen-bond donors (Lipinski definition) is 1. The first-order valence-corrected chi connectivity index (χ1v) is 7.40. The molecular weight excluding hydrogens is 250 g/mol. The molecule has 17 heavy (non-hydrogen) atoms. The van der Waals surface area contributed by atoms with E-state index in [-0.39, 0.29) is 13.1 Å². The molecule has 0 aromatic heterocycles. The van der Waals surface area contributed by atoms with Crippen molar-refractivity contribution in [3.8, 4) is 0 Å². The predicted molar refractivity (Wildman–Crippen MR) is 62.4 cm³/mol. The smallest absolute Gasteiger partial charge is 0.314 e. The lowest BCUT2D eigenvalue weighted by atomic mass is 9.91. The fraction of sp³-hybridized carbons (Fsp3) is 1.00. The van der Waals surface area contributed by atoms with E-state index in [1.807, 2.05) is 13.8 Å². The zero-order chi connectivity index (χ0) is 13.1. The monoisotopic (exact) mass is 270 g/mol. The second-order valence-corrected chi connectivity index (χ2v) is 6.29. The number of piperidine rings is 1. The molecule has 0 aliphatic carbocycles. The van der Waals surface area contributed by atoms with Crippen molar-refractivity contribution >= 4 is 10.0 Å². The fourth-order valence-corrected chi connectivity index (χ4v) is 3.18. The average Bonchev–Trinajstić information content (AvgIpc) is 2.29. The van der Waals surface area contributed by atoms with Crippen molar-refractivity contribution in [3.05, 3.63) is 0 Å². The number of rotatable bonds is 5. The van der Waals surface area contributed by atoms with Gasteiger partial charge >= 0.3 is 5.76 Å². The third kappa shape index (κ3) is 3.59. The highest BCUT2D eigenvalue weighted by Gasteiger charge is 2.35. The molecule has 0 radical (unpaired) electrons. The standard InChI is InChI=1S/C10H20F2N2O2S/c1-3-13-8(2)9-4-6-14(7-5-9)17(15,16)10(11)12/h8-10,13H,3-7H2,1-2H3. The molecule has 7 heteroatoms. The molecule has 1 aliphatic heterocycles. The Balaban J connectivity index is 2.51. The van der Waals surface area contributed by atoms with Gasteiger partial charge in [-0.05, 0) is 32.2 Å². The van der Waals surface area contributed by atoms with Crippen LogP contribution >= 0.6 is 0 Å². The van der Waals surface area contributed by atoms with Gasteiger partial charge in [0.2, 0.25) is 0 Å². The molecule has 4 nitrogen and oxygen atoms in total. The highest BCUT2D eigenvalue weighted by molar-refractivity contribution is 7.89. The molecular formula is C10H20F2N2O2S. The Bertz CT molecular complexity index is 327. The first-order chi connectivity index (χ1) is 7.89. The first kappa shape index (κ1) is 14.8. The summed E-state index contributed by atoms with van der Waals surface area (Å²) in [7, 11) is -4.38. The third-order valence-corrected chi connectivity index (χ3v) is 4.85. The summed E-state index contributed by atoms with van der Waals surface area (Å²) in [4.78, 5) is 0. The number of nitrogens with one attached hydrogen (secondary N) is 1. The van der Waals surface area contributed by atoms with E-state index in [1.165, 1.54) is 0 Å². The SMILES string of the molecule is CCNC(C)C1CCN(S(=O)(=O)C(F)F)CC1. The summed E-state index contributed by atoms with van der Waals surface area (Å²) in [6.45, 7) is 5.31. The van der Waals surface area contributed by atoms with E-state index in [1.54, 1.807) is 0 Å². The molecule has 1 rings (SSSR count). The maximum Gasteiger partial charge on any atom is 0.350 e. The maximum atomic E-state index is 12.3. The van der Waals surface area contributed by atoms with Crippen molar-refractivity contribution in [2.45, 2.75) is 38.5 Å². The van der Waals surface area contributed by atoms with Gasteiger partial charge in [0.05, 0.1) is 0 Å². The number of hydrogen-bond acceptors (Lipinski definition) is 3. The van der Waals surface area contributed by atoms with Crippen molar-refractivity contribution in [2.24, 2.45) is 5.92 Å². The van der Waals surface area contributed by atoms with E-state index in [9.17, 15) is 17.2 Å². The molecule has 1 heterocycles. The van der Waals surface area contributed by atoms with Crippen LogP contribution in [0.15, 0.2) is 0 Å². The van der Waals surface area contributed by atoms with Gasteiger partial charge in [-0.3, -0.25) is 0 Å². The van der Waals surface area contributed by atoms with Crippen LogP contribution in [0.4, 0.5) is 8.78 Å². The van der Waals surface area contributed by atoms with Crippen molar-refractivity contribution in [3.63, 3.8) is 0 Å². The van der Waals surface area contributed by atoms with Crippen LogP contribution in [0, 0.1) is 5.92 Å². The summed E-state index contributed by atoms with van der Waals surface area (Å²) in [6, 6.07) is 0.302. The minimum atomic E-state index is -4.38. The van der Waals surface area contributed by atoms with Crippen LogP contribution in [-0.4, -0.2) is 44.2 Å². The van der Waals surface area contributed by atoms with Gasteiger partial charge in [-0.25, -0.2) is 8.42 Å². The largest absolute Gasteiger partial charge is 0.350 e. The molecule has 1 saturated heterocycles. The van der Waals surface area contributed by atoms with Gasteiger partial charge in [-0.1, -0.05) is 6.92 Å². The first-order valence-electron chi connectivity index (χ1n) is 5.90. The number of sulfonamides is 1. The predicted octanol–water partition coefficient (Wildman–Crippen LogP) is 1.25. The van der Waals surface area contributed by atoms with Gasteiger partial charge in [0.25, 0.3) is 10.0 Å². The Morgan fingerprint density at radius 2 is 1.88 bits per heavy atom. The fourth-order valence-electron chi connectivity index (χ4n) is 2.23. The molecule has 0 spiro atoms. The van der Waals surface area contributed by atoms with Crippen LogP contribution in [0.3, 0.4) is 0 Å². The maximum absolute atomic E-state index is 12.3. The summed E-state index contributed by atoms with van der Waals surface area (Å²) in [5, 5.41) is 3.28. The average molecular weight is 270 g/mol. The Kier molecular flexibility index (Phi) is 5.27. The van der Waals surface area contributed by atoms with E-state index >= 15 is 0 Å². The lowest BCUT2D eigenvalue weighted by molar-refractivity contribution is 0.193. The Hall–Kier alpha value is -0.270. The quantitative estimate of drug-likeness (QED) is 0.818. The van der Waals surface area contributed by atoms with Crippen molar-refractivity contribution in [2.75, 3.05) is 19.6 Å². The van der Waals surface area contributed by atoms with Gasteiger partial charge in [0, 0.05) is 19.1 Å². The van der Waals surface area contributed by atoms with Crippen molar-refractivity contribution < 1.29 is 17.2 Å². The lowest BCUT2D eigenvalue weighted by Crippen LogP contribution is -2.45. The van der Waals surface area contributed by atoms with Crippen LogP contribution in [0.2, 0.25) is 0 Å². The molecule has 0 amide bonds. The zero-order valence-electron chi connectivity index (χ0n) is 10.2. The summed E-state index contributed by atoms with van der Waals surface area (Å²) >= 11 is 0. The normalized spacial score (nSPS) is 21.9. The number of halogens is 2. The van der Waals surface area contributed by atoms with Gasteiger partial charge < -0.3 is 5.32 Å². The summed E-state index contributed by atoms with van der Waals surface area (Å²) < 4.78 is 48.1. The number of alkyl halides is 2. The molecule has 0 saturated carbocycles. The van der Waals surface area contributed by atoms with E-state index in [0.29, 0.717) is 24.8 Å². The van der Waals surface area contributed by atoms with Crippen LogP contribution in [0.5, 0.6) is 0 Å². The van der Waals surface area contributed by atoms with Crippen LogP contribution < -0.4 is 5.32 Å². The van der Waals surface area contributed by atoms with E-state index in [2.05, 4.69) is 5.32 Å². The summed E-state index contributed by atoms with van der Waals surface area (Å²) in [5.74, 6) is -2.94. The minimum Gasteiger partial charge on any atom is -0.314 e.